The molecule has 0 aliphatic carbocycles. The number of nitrogens with one attached hydrogen (secondary N) is 3. The molecule has 0 radical (unpaired) electrons. The standard InChI is InChI=1S/C21H27FN4O2/c1-3-23-21(25-13-16(2)28-19-11-7-10-18(22)12-19)26-15-20(27)24-14-17-8-5-4-6-9-17/h4-12,16H,3,13-15H2,1-2H3,(H,24,27)(H2,23,25,26). The van der Waals surface area contributed by atoms with Gasteiger partial charge in [-0.2, -0.15) is 0 Å². The number of guanidine groups is 1. The van der Waals surface area contributed by atoms with Crippen molar-refractivity contribution in [2.45, 2.75) is 26.5 Å². The fraction of sp³-hybridized carbons (Fsp3) is 0.333. The maximum absolute atomic E-state index is 13.2. The van der Waals surface area contributed by atoms with Crippen LogP contribution in [0.3, 0.4) is 0 Å². The highest BCUT2D eigenvalue weighted by Gasteiger charge is 2.07. The average molecular weight is 386 g/mol. The molecule has 0 saturated carbocycles. The van der Waals surface area contributed by atoms with Crippen LogP contribution in [0.1, 0.15) is 19.4 Å². The van der Waals surface area contributed by atoms with E-state index in [9.17, 15) is 9.18 Å². The summed E-state index contributed by atoms with van der Waals surface area (Å²) in [5.74, 6) is 0.489. The second kappa shape index (κ2) is 11.6. The molecule has 2 rings (SSSR count). The van der Waals surface area contributed by atoms with Gasteiger partial charge in [-0.25, -0.2) is 9.38 Å². The summed E-state index contributed by atoms with van der Waals surface area (Å²) < 4.78 is 18.9. The molecule has 150 valence electrons. The summed E-state index contributed by atoms with van der Waals surface area (Å²) in [6.07, 6.45) is -0.211. The van der Waals surface area contributed by atoms with Gasteiger partial charge in [0.2, 0.25) is 5.91 Å². The lowest BCUT2D eigenvalue weighted by Crippen LogP contribution is -2.42. The van der Waals surface area contributed by atoms with Crippen LogP contribution >= 0.6 is 0 Å². The fourth-order valence-corrected chi connectivity index (χ4v) is 2.40. The quantitative estimate of drug-likeness (QED) is 0.457. The van der Waals surface area contributed by atoms with E-state index < -0.39 is 0 Å². The molecule has 0 aromatic heterocycles. The van der Waals surface area contributed by atoms with E-state index in [0.717, 1.165) is 5.56 Å². The van der Waals surface area contributed by atoms with E-state index in [1.54, 1.807) is 12.1 Å². The van der Waals surface area contributed by atoms with Crippen LogP contribution in [-0.2, 0) is 11.3 Å². The topological polar surface area (TPSA) is 74.8 Å². The van der Waals surface area contributed by atoms with Crippen molar-refractivity contribution in [1.29, 1.82) is 0 Å². The second-order valence-electron chi connectivity index (χ2n) is 6.22. The molecule has 6 nitrogen and oxygen atoms in total. The molecular weight excluding hydrogens is 359 g/mol. The SMILES string of the molecule is CCNC(=NCC(=O)NCc1ccccc1)NCC(C)Oc1cccc(F)c1. The van der Waals surface area contributed by atoms with E-state index >= 15 is 0 Å². The van der Waals surface area contributed by atoms with Gasteiger partial charge < -0.3 is 20.7 Å². The van der Waals surface area contributed by atoms with Crippen molar-refractivity contribution < 1.29 is 13.9 Å². The number of benzene rings is 2. The molecular formula is C21H27FN4O2. The molecule has 1 amide bonds. The van der Waals surface area contributed by atoms with Gasteiger partial charge in [-0.05, 0) is 31.5 Å². The Balaban J connectivity index is 1.78. The maximum Gasteiger partial charge on any atom is 0.242 e. The molecule has 0 saturated heterocycles. The predicted octanol–water partition coefficient (Wildman–Crippen LogP) is 2.46. The molecule has 0 spiro atoms. The highest BCUT2D eigenvalue weighted by molar-refractivity contribution is 5.84. The summed E-state index contributed by atoms with van der Waals surface area (Å²) in [6.45, 7) is 5.41. The third kappa shape index (κ3) is 8.07. The summed E-state index contributed by atoms with van der Waals surface area (Å²) in [7, 11) is 0. The van der Waals surface area contributed by atoms with E-state index in [0.29, 0.717) is 31.3 Å². The zero-order chi connectivity index (χ0) is 20.2. The molecule has 7 heteroatoms. The van der Waals surface area contributed by atoms with Gasteiger partial charge >= 0.3 is 0 Å². The Morgan fingerprint density at radius 3 is 2.61 bits per heavy atom. The number of halogens is 1. The van der Waals surface area contributed by atoms with Gasteiger partial charge in [-0.15, -0.1) is 0 Å². The van der Waals surface area contributed by atoms with Crippen molar-refractivity contribution in [3.05, 3.63) is 66.0 Å². The number of nitrogens with zero attached hydrogens (tertiary/aromatic N) is 1. The minimum atomic E-state index is -0.339. The first-order valence-electron chi connectivity index (χ1n) is 9.32. The zero-order valence-corrected chi connectivity index (χ0v) is 16.2. The van der Waals surface area contributed by atoms with Gasteiger partial charge in [0, 0.05) is 19.2 Å². The van der Waals surface area contributed by atoms with E-state index in [-0.39, 0.29) is 24.4 Å². The summed E-state index contributed by atoms with van der Waals surface area (Å²) in [4.78, 5) is 16.3. The zero-order valence-electron chi connectivity index (χ0n) is 16.2. The molecule has 28 heavy (non-hydrogen) atoms. The Bertz CT molecular complexity index is 768. The van der Waals surface area contributed by atoms with Crippen LogP contribution in [0.15, 0.2) is 59.6 Å². The third-order valence-electron chi connectivity index (χ3n) is 3.75. The number of carbonyl (C=O) groups excluding carboxylic acids is 1. The van der Waals surface area contributed by atoms with Gasteiger partial charge in [-0.1, -0.05) is 36.4 Å². The number of hydrogen-bond donors (Lipinski definition) is 3. The van der Waals surface area contributed by atoms with Crippen molar-refractivity contribution >= 4 is 11.9 Å². The maximum atomic E-state index is 13.2. The van der Waals surface area contributed by atoms with Crippen LogP contribution in [0, 0.1) is 5.82 Å². The van der Waals surface area contributed by atoms with Crippen LogP contribution in [0.4, 0.5) is 4.39 Å². The number of hydrogen-bond acceptors (Lipinski definition) is 3. The first kappa shape index (κ1) is 21.2. The Kier molecular flexibility index (Phi) is 8.78. The molecule has 0 heterocycles. The fourth-order valence-electron chi connectivity index (χ4n) is 2.40. The van der Waals surface area contributed by atoms with Crippen LogP contribution in [-0.4, -0.2) is 37.6 Å². The molecule has 1 unspecified atom stereocenters. The molecule has 1 atom stereocenters. The van der Waals surface area contributed by atoms with Crippen LogP contribution in [0.25, 0.3) is 0 Å². The Labute approximate surface area is 165 Å². The van der Waals surface area contributed by atoms with Gasteiger partial charge in [-0.3, -0.25) is 4.79 Å². The predicted molar refractivity (Wildman–Crippen MR) is 109 cm³/mol. The highest BCUT2D eigenvalue weighted by atomic mass is 19.1. The molecule has 0 fully saturated rings. The minimum Gasteiger partial charge on any atom is -0.489 e. The van der Waals surface area contributed by atoms with E-state index in [2.05, 4.69) is 20.9 Å². The second-order valence-corrected chi connectivity index (χ2v) is 6.22. The number of amides is 1. The lowest BCUT2D eigenvalue weighted by Gasteiger charge is -2.17. The smallest absolute Gasteiger partial charge is 0.242 e. The minimum absolute atomic E-state index is 0.0152. The van der Waals surface area contributed by atoms with Crippen LogP contribution in [0.2, 0.25) is 0 Å². The average Bonchev–Trinajstić information content (AvgIpc) is 2.69. The number of carbonyl (C=O) groups is 1. The largest absolute Gasteiger partial charge is 0.489 e. The number of ether oxygens (including phenoxy) is 1. The normalized spacial score (nSPS) is 12.2. The van der Waals surface area contributed by atoms with Crippen molar-refractivity contribution in [2.24, 2.45) is 4.99 Å². The number of aliphatic imine (C=N–C) groups is 1. The third-order valence-corrected chi connectivity index (χ3v) is 3.75. The van der Waals surface area contributed by atoms with Gasteiger partial charge in [0.05, 0.1) is 6.54 Å². The molecule has 2 aromatic carbocycles. The monoisotopic (exact) mass is 386 g/mol. The molecule has 3 N–H and O–H groups in total. The lowest BCUT2D eigenvalue weighted by atomic mass is 10.2. The van der Waals surface area contributed by atoms with Gasteiger partial charge in [0.1, 0.15) is 24.2 Å². The van der Waals surface area contributed by atoms with Crippen molar-refractivity contribution in [2.75, 3.05) is 19.6 Å². The first-order valence-corrected chi connectivity index (χ1v) is 9.32. The van der Waals surface area contributed by atoms with Crippen LogP contribution in [0.5, 0.6) is 5.75 Å². The summed E-state index contributed by atoms with van der Waals surface area (Å²) in [6, 6.07) is 15.7. The van der Waals surface area contributed by atoms with E-state index in [4.69, 9.17) is 4.74 Å². The van der Waals surface area contributed by atoms with Crippen molar-refractivity contribution in [3.8, 4) is 5.75 Å². The summed E-state index contributed by atoms with van der Waals surface area (Å²) >= 11 is 0. The highest BCUT2D eigenvalue weighted by Crippen LogP contribution is 2.13. The van der Waals surface area contributed by atoms with Crippen LogP contribution < -0.4 is 20.7 Å². The molecule has 0 bridgehead atoms. The van der Waals surface area contributed by atoms with Crippen molar-refractivity contribution in [1.82, 2.24) is 16.0 Å². The van der Waals surface area contributed by atoms with Gasteiger partial charge in [0.25, 0.3) is 0 Å². The van der Waals surface area contributed by atoms with Gasteiger partial charge in [0.15, 0.2) is 5.96 Å². The Morgan fingerprint density at radius 1 is 1.11 bits per heavy atom. The Hall–Kier alpha value is -3.09. The molecule has 0 aliphatic rings. The summed E-state index contributed by atoms with van der Waals surface area (Å²) in [5, 5.41) is 9.05. The van der Waals surface area contributed by atoms with E-state index in [1.807, 2.05) is 44.2 Å². The first-order chi connectivity index (χ1) is 13.6. The van der Waals surface area contributed by atoms with Crippen molar-refractivity contribution in [3.63, 3.8) is 0 Å². The Morgan fingerprint density at radius 2 is 1.89 bits per heavy atom. The summed E-state index contributed by atoms with van der Waals surface area (Å²) in [5.41, 5.74) is 1.04. The number of rotatable bonds is 9. The van der Waals surface area contributed by atoms with E-state index in [1.165, 1.54) is 12.1 Å². The molecule has 2 aromatic rings. The lowest BCUT2D eigenvalue weighted by molar-refractivity contribution is -0.119. The molecule has 0 aliphatic heterocycles.